The predicted octanol–water partition coefficient (Wildman–Crippen LogP) is 1.95. The largest absolute Gasteiger partial charge is 0.321 e. The zero-order valence-electron chi connectivity index (χ0n) is 17.0. The Morgan fingerprint density at radius 3 is 2.77 bits per heavy atom. The molecule has 10 nitrogen and oxygen atoms in total. The highest BCUT2D eigenvalue weighted by Crippen LogP contribution is 2.21. The van der Waals surface area contributed by atoms with Crippen molar-refractivity contribution in [1.29, 1.82) is 0 Å². The minimum atomic E-state index is -0.0401. The van der Waals surface area contributed by atoms with Gasteiger partial charge < -0.3 is 9.88 Å². The lowest BCUT2D eigenvalue weighted by molar-refractivity contribution is 0.768. The van der Waals surface area contributed by atoms with Crippen LogP contribution < -0.4 is 10.9 Å². The zero-order chi connectivity index (χ0) is 21.4. The molecule has 0 spiro atoms. The molecular weight excluding hydrogens is 394 g/mol. The fourth-order valence-electron chi connectivity index (χ4n) is 3.35. The van der Waals surface area contributed by atoms with Crippen LogP contribution >= 0.6 is 0 Å². The van der Waals surface area contributed by atoms with Crippen LogP contribution in [0.15, 0.2) is 66.1 Å². The van der Waals surface area contributed by atoms with Crippen LogP contribution in [0.4, 0.5) is 11.6 Å². The van der Waals surface area contributed by atoms with E-state index in [2.05, 4.69) is 30.6 Å². The molecule has 0 saturated heterocycles. The third kappa shape index (κ3) is 3.78. The molecule has 0 radical (unpaired) electrons. The van der Waals surface area contributed by atoms with Crippen molar-refractivity contribution >= 4 is 17.3 Å². The monoisotopic (exact) mass is 413 g/mol. The SMILES string of the molecule is Cn1cc(Nc2nccc(-c3ccn4c(Cc5ccc(=O)n(C)c5)nnc4c3)n2)cn1. The first kappa shape index (κ1) is 18.7. The van der Waals surface area contributed by atoms with Gasteiger partial charge in [0.2, 0.25) is 11.5 Å². The van der Waals surface area contributed by atoms with Crippen molar-refractivity contribution in [2.24, 2.45) is 14.1 Å². The number of aryl methyl sites for hydroxylation is 2. The summed E-state index contributed by atoms with van der Waals surface area (Å²) in [5.41, 5.74) is 4.16. The highest BCUT2D eigenvalue weighted by molar-refractivity contribution is 5.65. The first-order valence-corrected chi connectivity index (χ1v) is 9.63. The zero-order valence-corrected chi connectivity index (χ0v) is 17.0. The Labute approximate surface area is 176 Å². The summed E-state index contributed by atoms with van der Waals surface area (Å²) < 4.78 is 5.20. The fraction of sp³-hybridized carbons (Fsp3) is 0.143. The molecular formula is C21H19N9O. The number of hydrogen-bond donors (Lipinski definition) is 1. The normalized spacial score (nSPS) is 11.2. The van der Waals surface area contributed by atoms with Gasteiger partial charge in [-0.1, -0.05) is 6.07 Å². The van der Waals surface area contributed by atoms with Crippen molar-refractivity contribution in [2.75, 3.05) is 5.32 Å². The van der Waals surface area contributed by atoms with Gasteiger partial charge in [-0.3, -0.25) is 13.9 Å². The highest BCUT2D eigenvalue weighted by Gasteiger charge is 2.10. The summed E-state index contributed by atoms with van der Waals surface area (Å²) in [5.74, 6) is 1.28. The predicted molar refractivity (Wildman–Crippen MR) is 115 cm³/mol. The number of aromatic nitrogens is 8. The van der Waals surface area contributed by atoms with Crippen LogP contribution in [0.1, 0.15) is 11.4 Å². The number of rotatable bonds is 5. The van der Waals surface area contributed by atoms with Crippen LogP contribution in [0.5, 0.6) is 0 Å². The molecule has 0 fully saturated rings. The smallest absolute Gasteiger partial charge is 0.250 e. The van der Waals surface area contributed by atoms with E-state index in [0.717, 1.165) is 34.0 Å². The van der Waals surface area contributed by atoms with Crippen molar-refractivity contribution in [3.05, 3.63) is 83.1 Å². The van der Waals surface area contributed by atoms with Gasteiger partial charge in [-0.25, -0.2) is 9.97 Å². The van der Waals surface area contributed by atoms with Crippen molar-refractivity contribution in [1.82, 2.24) is 38.9 Å². The molecule has 154 valence electrons. The molecule has 0 bridgehead atoms. The molecule has 5 aromatic rings. The van der Waals surface area contributed by atoms with Crippen molar-refractivity contribution in [3.8, 4) is 11.3 Å². The van der Waals surface area contributed by atoms with Gasteiger partial charge in [-0.15, -0.1) is 10.2 Å². The average molecular weight is 413 g/mol. The molecule has 5 rings (SSSR count). The van der Waals surface area contributed by atoms with Crippen molar-refractivity contribution in [2.45, 2.75) is 6.42 Å². The lowest BCUT2D eigenvalue weighted by atomic mass is 10.2. The fourth-order valence-corrected chi connectivity index (χ4v) is 3.35. The van der Waals surface area contributed by atoms with Gasteiger partial charge in [-0.2, -0.15) is 5.10 Å². The van der Waals surface area contributed by atoms with E-state index < -0.39 is 0 Å². The summed E-state index contributed by atoms with van der Waals surface area (Å²) in [7, 11) is 3.59. The van der Waals surface area contributed by atoms with E-state index in [1.807, 2.05) is 54.3 Å². The van der Waals surface area contributed by atoms with Crippen LogP contribution in [0.25, 0.3) is 16.9 Å². The number of fused-ring (bicyclic) bond motifs is 1. The van der Waals surface area contributed by atoms with Crippen LogP contribution in [-0.2, 0) is 20.5 Å². The van der Waals surface area contributed by atoms with Crippen LogP contribution in [0, 0.1) is 0 Å². The molecule has 0 aliphatic carbocycles. The highest BCUT2D eigenvalue weighted by atomic mass is 16.1. The van der Waals surface area contributed by atoms with Crippen LogP contribution in [0.3, 0.4) is 0 Å². The summed E-state index contributed by atoms with van der Waals surface area (Å²) in [4.78, 5) is 20.5. The number of anilines is 2. The molecule has 0 unspecified atom stereocenters. The summed E-state index contributed by atoms with van der Waals surface area (Å²) in [6, 6.07) is 9.13. The Hall–Kier alpha value is -4.34. The van der Waals surface area contributed by atoms with Gasteiger partial charge >= 0.3 is 0 Å². The minimum Gasteiger partial charge on any atom is -0.321 e. The maximum atomic E-state index is 11.6. The summed E-state index contributed by atoms with van der Waals surface area (Å²) in [6.45, 7) is 0. The number of hydrogen-bond acceptors (Lipinski definition) is 7. The van der Waals surface area contributed by atoms with Crippen molar-refractivity contribution < 1.29 is 0 Å². The van der Waals surface area contributed by atoms with E-state index in [4.69, 9.17) is 0 Å². The second-order valence-electron chi connectivity index (χ2n) is 7.22. The Morgan fingerprint density at radius 1 is 1.06 bits per heavy atom. The van der Waals surface area contributed by atoms with Crippen LogP contribution in [-0.4, -0.2) is 38.9 Å². The third-order valence-corrected chi connectivity index (χ3v) is 4.90. The quantitative estimate of drug-likeness (QED) is 0.469. The average Bonchev–Trinajstić information content (AvgIpc) is 3.36. The van der Waals surface area contributed by atoms with E-state index in [1.54, 1.807) is 34.8 Å². The molecule has 0 aliphatic heterocycles. The van der Waals surface area contributed by atoms with Crippen molar-refractivity contribution in [3.63, 3.8) is 0 Å². The second-order valence-corrected chi connectivity index (χ2v) is 7.22. The van der Waals surface area contributed by atoms with Gasteiger partial charge in [0.15, 0.2) is 5.65 Å². The lowest BCUT2D eigenvalue weighted by Gasteiger charge is -2.06. The molecule has 0 aliphatic rings. The molecule has 10 heteroatoms. The molecule has 1 N–H and O–H groups in total. The summed E-state index contributed by atoms with van der Waals surface area (Å²) >= 11 is 0. The molecule has 0 atom stereocenters. The minimum absolute atomic E-state index is 0.0401. The Balaban J connectivity index is 1.42. The first-order chi connectivity index (χ1) is 15.0. The summed E-state index contributed by atoms with van der Waals surface area (Å²) in [6.07, 6.45) is 9.59. The van der Waals surface area contributed by atoms with E-state index >= 15 is 0 Å². The number of nitrogens with zero attached hydrogens (tertiary/aromatic N) is 8. The van der Waals surface area contributed by atoms with Gasteiger partial charge in [0.1, 0.15) is 5.82 Å². The van der Waals surface area contributed by atoms with Gasteiger partial charge in [0.25, 0.3) is 0 Å². The maximum Gasteiger partial charge on any atom is 0.250 e. The number of nitrogens with one attached hydrogen (secondary N) is 1. The molecule has 31 heavy (non-hydrogen) atoms. The first-order valence-electron chi connectivity index (χ1n) is 9.63. The van der Waals surface area contributed by atoms with E-state index in [9.17, 15) is 4.79 Å². The Kier molecular flexibility index (Phi) is 4.51. The third-order valence-electron chi connectivity index (χ3n) is 4.90. The topological polar surface area (TPSA) is 108 Å². The summed E-state index contributed by atoms with van der Waals surface area (Å²) in [5, 5.41) is 15.9. The second kappa shape index (κ2) is 7.48. The van der Waals surface area contributed by atoms with Gasteiger partial charge in [-0.05, 0) is 23.8 Å². The molecule has 5 heterocycles. The molecule has 0 saturated carbocycles. The van der Waals surface area contributed by atoms with Crippen LogP contribution in [0.2, 0.25) is 0 Å². The Morgan fingerprint density at radius 2 is 1.97 bits per heavy atom. The van der Waals surface area contributed by atoms with E-state index in [1.165, 1.54) is 0 Å². The lowest BCUT2D eigenvalue weighted by Crippen LogP contribution is -2.15. The van der Waals surface area contributed by atoms with Gasteiger partial charge in [0.05, 0.1) is 17.6 Å². The number of pyridine rings is 2. The van der Waals surface area contributed by atoms with E-state index in [0.29, 0.717) is 12.4 Å². The van der Waals surface area contributed by atoms with Gasteiger partial charge in [0, 0.05) is 56.9 Å². The molecule has 0 aromatic carbocycles. The van der Waals surface area contributed by atoms with E-state index in [-0.39, 0.29) is 5.56 Å². The Bertz CT molecular complexity index is 1450. The standard InChI is InChI=1S/C21H19N9O/c1-28-12-14(3-4-20(28)31)9-18-26-27-19-10-15(6-8-30(18)19)17-5-7-22-21(25-17)24-16-11-23-29(2)13-16/h3-8,10-13H,9H2,1-2H3,(H,22,24,25). The maximum absolute atomic E-state index is 11.6. The molecule has 0 amide bonds. The molecule has 5 aromatic heterocycles.